The van der Waals surface area contributed by atoms with Gasteiger partial charge in [-0.05, 0) is 13.8 Å². The van der Waals surface area contributed by atoms with E-state index in [4.69, 9.17) is 11.5 Å². The van der Waals surface area contributed by atoms with Crippen LogP contribution < -0.4 is 16.9 Å². The van der Waals surface area contributed by atoms with E-state index in [1.807, 2.05) is 0 Å². The van der Waals surface area contributed by atoms with E-state index in [0.29, 0.717) is 0 Å². The van der Waals surface area contributed by atoms with E-state index in [1.165, 1.54) is 0 Å². The molecule has 0 aliphatic heterocycles. The molecule has 0 unspecified atom stereocenters. The zero-order valence-electron chi connectivity index (χ0n) is 7.79. The van der Waals surface area contributed by atoms with Gasteiger partial charge >= 0.3 is 0 Å². The average molecular weight is 189 g/mol. The van der Waals surface area contributed by atoms with Crippen LogP contribution in [0.1, 0.15) is 20.3 Å². The highest BCUT2D eigenvalue weighted by Gasteiger charge is 2.16. The van der Waals surface area contributed by atoms with Gasteiger partial charge in [-0.3, -0.25) is 14.4 Å². The fourth-order valence-corrected chi connectivity index (χ4v) is 0.638. The van der Waals surface area contributed by atoms with Crippen molar-refractivity contribution in [1.82, 2.24) is 5.48 Å². The van der Waals surface area contributed by atoms with Crippen LogP contribution in [0.2, 0.25) is 0 Å². The van der Waals surface area contributed by atoms with Gasteiger partial charge in [-0.2, -0.15) is 0 Å². The summed E-state index contributed by atoms with van der Waals surface area (Å²) in [5.74, 6) is -1.03. The Morgan fingerprint density at radius 2 is 2.00 bits per heavy atom. The van der Waals surface area contributed by atoms with Gasteiger partial charge in [0, 0.05) is 12.0 Å². The maximum atomic E-state index is 11.0. The minimum atomic E-state index is -0.646. The van der Waals surface area contributed by atoms with Crippen LogP contribution in [0.25, 0.3) is 0 Å². The number of hydrogen-bond acceptors (Lipinski definition) is 4. The lowest BCUT2D eigenvalue weighted by molar-refractivity contribution is -0.138. The third-order valence-corrected chi connectivity index (χ3v) is 1.02. The Hall–Kier alpha value is -1.14. The predicted octanol–water partition coefficient (Wildman–Crippen LogP) is -1.35. The lowest BCUT2D eigenvalue weighted by Crippen LogP contribution is -2.39. The predicted molar refractivity (Wildman–Crippen MR) is 46.2 cm³/mol. The summed E-state index contributed by atoms with van der Waals surface area (Å²) in [6, 6.07) is 0. The van der Waals surface area contributed by atoms with Crippen molar-refractivity contribution in [2.24, 2.45) is 11.5 Å². The molecule has 0 saturated heterocycles. The van der Waals surface area contributed by atoms with Crippen molar-refractivity contribution in [2.75, 3.05) is 6.61 Å². The first-order valence-electron chi connectivity index (χ1n) is 3.79. The molecule has 0 heterocycles. The summed E-state index contributed by atoms with van der Waals surface area (Å²) < 4.78 is 0. The third-order valence-electron chi connectivity index (χ3n) is 1.02. The molecule has 0 bridgehead atoms. The maximum Gasteiger partial charge on any atom is 0.246 e. The van der Waals surface area contributed by atoms with E-state index in [9.17, 15) is 9.59 Å². The van der Waals surface area contributed by atoms with E-state index in [-0.39, 0.29) is 18.9 Å². The minimum absolute atomic E-state index is 0.117. The molecule has 5 N–H and O–H groups in total. The van der Waals surface area contributed by atoms with Crippen molar-refractivity contribution in [1.29, 1.82) is 0 Å². The zero-order valence-corrected chi connectivity index (χ0v) is 7.79. The number of amides is 2. The number of nitrogens with one attached hydrogen (secondary N) is 1. The molecule has 13 heavy (non-hydrogen) atoms. The van der Waals surface area contributed by atoms with Crippen LogP contribution in [0.5, 0.6) is 0 Å². The molecule has 0 aliphatic rings. The fourth-order valence-electron chi connectivity index (χ4n) is 0.638. The Morgan fingerprint density at radius 3 is 2.38 bits per heavy atom. The minimum Gasteiger partial charge on any atom is -0.368 e. The second-order valence-corrected chi connectivity index (χ2v) is 3.45. The van der Waals surface area contributed by atoms with E-state index in [1.54, 1.807) is 13.8 Å². The Balaban J connectivity index is 3.59. The van der Waals surface area contributed by atoms with Gasteiger partial charge in [-0.15, -0.1) is 0 Å². The van der Waals surface area contributed by atoms with E-state index in [2.05, 4.69) is 10.3 Å². The summed E-state index contributed by atoms with van der Waals surface area (Å²) in [5.41, 5.74) is 11.8. The number of carbonyl (C=O) groups is 2. The molecule has 0 aromatic carbocycles. The molecule has 2 amide bonds. The van der Waals surface area contributed by atoms with Crippen LogP contribution in [0.3, 0.4) is 0 Å². The van der Waals surface area contributed by atoms with Crippen molar-refractivity contribution in [3.05, 3.63) is 0 Å². The molecule has 6 heteroatoms. The van der Waals surface area contributed by atoms with Gasteiger partial charge in [0.05, 0.1) is 0 Å². The standard InChI is InChI=1S/C7H15N3O3/c1-7(2,9)3-6(12)10-13-4-5(8)11/h3-4,9H2,1-2H3,(H2,8,11)(H,10,12). The highest BCUT2D eigenvalue weighted by atomic mass is 16.7. The van der Waals surface area contributed by atoms with Gasteiger partial charge < -0.3 is 11.5 Å². The van der Waals surface area contributed by atoms with Gasteiger partial charge in [-0.1, -0.05) is 0 Å². The van der Waals surface area contributed by atoms with Crippen molar-refractivity contribution < 1.29 is 14.4 Å². The second kappa shape index (κ2) is 4.78. The molecule has 0 saturated carbocycles. The van der Waals surface area contributed by atoms with E-state index in [0.717, 1.165) is 0 Å². The molecule has 0 aromatic heterocycles. The first-order valence-corrected chi connectivity index (χ1v) is 3.79. The van der Waals surface area contributed by atoms with Crippen molar-refractivity contribution in [2.45, 2.75) is 25.8 Å². The molecular formula is C7H15N3O3. The summed E-state index contributed by atoms with van der Waals surface area (Å²) in [4.78, 5) is 25.6. The normalized spacial score (nSPS) is 11.0. The first-order chi connectivity index (χ1) is 5.81. The highest BCUT2D eigenvalue weighted by Crippen LogP contribution is 2.02. The Morgan fingerprint density at radius 1 is 1.46 bits per heavy atom. The largest absolute Gasteiger partial charge is 0.368 e. The van der Waals surface area contributed by atoms with E-state index >= 15 is 0 Å². The first kappa shape index (κ1) is 11.9. The zero-order chi connectivity index (χ0) is 10.5. The topological polar surface area (TPSA) is 107 Å². The van der Waals surface area contributed by atoms with Crippen LogP contribution in [0, 0.1) is 0 Å². The van der Waals surface area contributed by atoms with E-state index < -0.39 is 11.4 Å². The number of nitrogens with two attached hydrogens (primary N) is 2. The molecule has 0 aromatic rings. The van der Waals surface area contributed by atoms with Crippen LogP contribution in [0.15, 0.2) is 0 Å². The van der Waals surface area contributed by atoms with Crippen molar-refractivity contribution in [3.8, 4) is 0 Å². The molecule has 76 valence electrons. The van der Waals surface area contributed by atoms with Crippen LogP contribution in [-0.4, -0.2) is 24.0 Å². The fraction of sp³-hybridized carbons (Fsp3) is 0.714. The van der Waals surface area contributed by atoms with Crippen molar-refractivity contribution in [3.63, 3.8) is 0 Å². The lowest BCUT2D eigenvalue weighted by atomic mass is 10.0. The molecule has 0 spiro atoms. The Kier molecular flexibility index (Phi) is 4.36. The second-order valence-electron chi connectivity index (χ2n) is 3.45. The number of primary amides is 1. The summed E-state index contributed by atoms with van der Waals surface area (Å²) in [6.45, 7) is 3.08. The van der Waals surface area contributed by atoms with Gasteiger partial charge in [0.25, 0.3) is 0 Å². The van der Waals surface area contributed by atoms with Gasteiger partial charge in [0.15, 0.2) is 6.61 Å². The molecule has 0 radical (unpaired) electrons. The SMILES string of the molecule is CC(C)(N)CC(=O)NOCC(N)=O. The lowest BCUT2D eigenvalue weighted by Gasteiger charge is -2.16. The van der Waals surface area contributed by atoms with Crippen molar-refractivity contribution >= 4 is 11.8 Å². The molecular weight excluding hydrogens is 174 g/mol. The van der Waals surface area contributed by atoms with Gasteiger partial charge in [0.1, 0.15) is 0 Å². The Labute approximate surface area is 76.5 Å². The maximum absolute atomic E-state index is 11.0. The smallest absolute Gasteiger partial charge is 0.246 e. The summed E-state index contributed by atoms with van der Waals surface area (Å²) in [6.07, 6.45) is 0.117. The number of rotatable bonds is 5. The molecule has 0 atom stereocenters. The number of hydroxylamine groups is 1. The highest BCUT2D eigenvalue weighted by molar-refractivity contribution is 5.77. The van der Waals surface area contributed by atoms with Gasteiger partial charge in [0.2, 0.25) is 11.8 Å². The quantitative estimate of drug-likeness (QED) is 0.464. The average Bonchev–Trinajstić information content (AvgIpc) is 1.81. The number of hydrogen-bond donors (Lipinski definition) is 3. The summed E-state index contributed by atoms with van der Waals surface area (Å²) in [5, 5.41) is 0. The molecule has 0 aliphatic carbocycles. The van der Waals surface area contributed by atoms with Crippen LogP contribution in [0.4, 0.5) is 0 Å². The monoisotopic (exact) mass is 189 g/mol. The van der Waals surface area contributed by atoms with Gasteiger partial charge in [-0.25, -0.2) is 5.48 Å². The number of carbonyl (C=O) groups excluding carboxylic acids is 2. The molecule has 0 rings (SSSR count). The van der Waals surface area contributed by atoms with Crippen LogP contribution in [-0.2, 0) is 14.4 Å². The van der Waals surface area contributed by atoms with Crippen LogP contribution >= 0.6 is 0 Å². The molecule has 0 fully saturated rings. The summed E-state index contributed by atoms with van der Waals surface area (Å²) >= 11 is 0. The third kappa shape index (κ3) is 8.77. The summed E-state index contributed by atoms with van der Waals surface area (Å²) in [7, 11) is 0. The molecule has 6 nitrogen and oxygen atoms in total. The Bertz CT molecular complexity index is 198.